The Morgan fingerprint density at radius 3 is 2.10 bits per heavy atom. The SMILES string of the molecule is N=c1n(Cc2ccc(Cl)cc2)c2ccccc2n1CC(O)c1ccc(Cl)cc1Cl. The third-order valence-electron chi connectivity index (χ3n) is 4.91. The van der Waals surface area contributed by atoms with Crippen molar-refractivity contribution in [3.63, 3.8) is 0 Å². The van der Waals surface area contributed by atoms with Crippen LogP contribution in [0.2, 0.25) is 15.1 Å². The summed E-state index contributed by atoms with van der Waals surface area (Å²) in [6.45, 7) is 0.732. The first kappa shape index (κ1) is 20.0. The maximum Gasteiger partial charge on any atom is 0.203 e. The Morgan fingerprint density at radius 1 is 0.828 bits per heavy atom. The Morgan fingerprint density at radius 2 is 1.45 bits per heavy atom. The van der Waals surface area contributed by atoms with Crippen LogP contribution in [-0.4, -0.2) is 14.2 Å². The molecule has 0 aliphatic heterocycles. The minimum absolute atomic E-state index is 0.203. The Balaban J connectivity index is 1.74. The Bertz CT molecular complexity index is 1230. The Kier molecular flexibility index (Phi) is 5.70. The number of imidazole rings is 1. The number of fused-ring (bicyclic) bond motifs is 1. The molecule has 0 amide bonds. The molecule has 1 aromatic heterocycles. The molecular weight excluding hydrogens is 429 g/mol. The van der Waals surface area contributed by atoms with Crippen LogP contribution < -0.4 is 5.62 Å². The van der Waals surface area contributed by atoms with Gasteiger partial charge in [-0.1, -0.05) is 65.1 Å². The number of nitrogens with one attached hydrogen (secondary N) is 1. The lowest BCUT2D eigenvalue weighted by Gasteiger charge is -2.14. The molecule has 1 unspecified atom stereocenters. The molecule has 4 nitrogen and oxygen atoms in total. The normalized spacial score (nSPS) is 12.4. The number of para-hydroxylation sites is 2. The summed E-state index contributed by atoms with van der Waals surface area (Å²) in [7, 11) is 0. The summed E-state index contributed by atoms with van der Waals surface area (Å²) in [6.07, 6.45) is -0.872. The van der Waals surface area contributed by atoms with E-state index < -0.39 is 6.10 Å². The largest absolute Gasteiger partial charge is 0.386 e. The van der Waals surface area contributed by atoms with Gasteiger partial charge in [0, 0.05) is 20.6 Å². The van der Waals surface area contributed by atoms with Crippen LogP contribution in [0.25, 0.3) is 11.0 Å². The highest BCUT2D eigenvalue weighted by Crippen LogP contribution is 2.28. The van der Waals surface area contributed by atoms with Crippen LogP contribution in [0, 0.1) is 5.41 Å². The standard InChI is InChI=1S/C22H18Cl3N3O/c23-15-7-5-14(6-8-15)12-27-19-3-1-2-4-20(19)28(22(27)26)13-21(29)17-10-9-16(24)11-18(17)25/h1-11,21,26,29H,12-13H2. The summed E-state index contributed by atoms with van der Waals surface area (Å²) in [5, 5.41) is 21.1. The number of benzene rings is 3. The van der Waals surface area contributed by atoms with Gasteiger partial charge >= 0.3 is 0 Å². The highest BCUT2D eigenvalue weighted by molar-refractivity contribution is 6.35. The average molecular weight is 447 g/mol. The molecule has 1 heterocycles. The van der Waals surface area contributed by atoms with Crippen LogP contribution in [0.3, 0.4) is 0 Å². The monoisotopic (exact) mass is 445 g/mol. The maximum absolute atomic E-state index is 10.8. The highest BCUT2D eigenvalue weighted by Gasteiger charge is 2.17. The number of hydrogen-bond acceptors (Lipinski definition) is 2. The molecule has 0 fully saturated rings. The molecule has 0 aliphatic rings. The predicted molar refractivity (Wildman–Crippen MR) is 118 cm³/mol. The lowest BCUT2D eigenvalue weighted by Crippen LogP contribution is -2.27. The molecular formula is C22H18Cl3N3O. The van der Waals surface area contributed by atoms with Crippen molar-refractivity contribution in [2.75, 3.05) is 0 Å². The Labute approximate surface area is 183 Å². The number of aromatic nitrogens is 2. The lowest BCUT2D eigenvalue weighted by atomic mass is 10.1. The van der Waals surface area contributed by atoms with Crippen LogP contribution in [0.5, 0.6) is 0 Å². The summed E-state index contributed by atoms with van der Waals surface area (Å²) in [6, 6.07) is 20.4. The van der Waals surface area contributed by atoms with Crippen molar-refractivity contribution < 1.29 is 5.11 Å². The quantitative estimate of drug-likeness (QED) is 0.408. The van der Waals surface area contributed by atoms with Crippen molar-refractivity contribution in [2.45, 2.75) is 19.2 Å². The zero-order chi connectivity index (χ0) is 20.5. The van der Waals surface area contributed by atoms with Gasteiger partial charge in [-0.25, -0.2) is 0 Å². The van der Waals surface area contributed by atoms with E-state index in [-0.39, 0.29) is 6.54 Å². The van der Waals surface area contributed by atoms with Gasteiger partial charge in [-0.3, -0.25) is 5.41 Å². The molecule has 4 aromatic rings. The fourth-order valence-electron chi connectivity index (χ4n) is 3.45. The van der Waals surface area contributed by atoms with Crippen LogP contribution in [0.4, 0.5) is 0 Å². The molecule has 7 heteroatoms. The van der Waals surface area contributed by atoms with Crippen molar-refractivity contribution in [2.24, 2.45) is 0 Å². The zero-order valence-corrected chi connectivity index (χ0v) is 17.6. The molecule has 0 spiro atoms. The molecule has 0 saturated heterocycles. The topological polar surface area (TPSA) is 53.9 Å². The number of rotatable bonds is 5. The average Bonchev–Trinajstić information content (AvgIpc) is 2.95. The Hall–Kier alpha value is -2.24. The smallest absolute Gasteiger partial charge is 0.203 e. The summed E-state index contributed by atoms with van der Waals surface area (Å²) >= 11 is 18.2. The number of aliphatic hydroxyl groups excluding tert-OH is 1. The van der Waals surface area contributed by atoms with Gasteiger partial charge in [0.1, 0.15) is 0 Å². The van der Waals surface area contributed by atoms with Gasteiger partial charge in [-0.15, -0.1) is 0 Å². The third kappa shape index (κ3) is 4.07. The third-order valence-corrected chi connectivity index (χ3v) is 5.72. The van der Waals surface area contributed by atoms with Crippen LogP contribution >= 0.6 is 34.8 Å². The van der Waals surface area contributed by atoms with Crippen LogP contribution in [0.1, 0.15) is 17.2 Å². The molecule has 148 valence electrons. The van der Waals surface area contributed by atoms with E-state index in [0.717, 1.165) is 16.6 Å². The predicted octanol–water partition coefficient (Wildman–Crippen LogP) is 5.66. The van der Waals surface area contributed by atoms with Gasteiger partial charge in [-0.05, 0) is 42.0 Å². The van der Waals surface area contributed by atoms with E-state index in [1.165, 1.54) is 0 Å². The van der Waals surface area contributed by atoms with Gasteiger partial charge in [0.05, 0.1) is 30.2 Å². The van der Waals surface area contributed by atoms with Gasteiger partial charge < -0.3 is 14.2 Å². The molecule has 4 rings (SSSR count). The first-order chi connectivity index (χ1) is 13.9. The molecule has 2 N–H and O–H groups in total. The van der Waals surface area contributed by atoms with E-state index >= 15 is 0 Å². The highest BCUT2D eigenvalue weighted by atomic mass is 35.5. The fourth-order valence-corrected chi connectivity index (χ4v) is 4.12. The van der Waals surface area contributed by atoms with E-state index in [1.54, 1.807) is 22.8 Å². The van der Waals surface area contributed by atoms with E-state index in [1.807, 2.05) is 53.1 Å². The molecule has 0 bridgehead atoms. The summed E-state index contributed by atoms with van der Waals surface area (Å²) in [5.74, 6) is 0. The second kappa shape index (κ2) is 8.25. The van der Waals surface area contributed by atoms with E-state index in [0.29, 0.717) is 32.8 Å². The number of halogens is 3. The van der Waals surface area contributed by atoms with Crippen molar-refractivity contribution in [1.82, 2.24) is 9.13 Å². The first-order valence-corrected chi connectivity index (χ1v) is 10.2. The minimum Gasteiger partial charge on any atom is -0.386 e. The van der Waals surface area contributed by atoms with Crippen LogP contribution in [-0.2, 0) is 13.1 Å². The number of nitrogens with zero attached hydrogens (tertiary/aromatic N) is 2. The number of aliphatic hydroxyl groups is 1. The van der Waals surface area contributed by atoms with Crippen molar-refractivity contribution in [3.8, 4) is 0 Å². The number of hydrogen-bond donors (Lipinski definition) is 2. The molecule has 0 aliphatic carbocycles. The second-order valence-electron chi connectivity index (χ2n) is 6.82. The molecule has 0 saturated carbocycles. The summed E-state index contributed by atoms with van der Waals surface area (Å²) in [4.78, 5) is 0. The molecule has 1 atom stereocenters. The van der Waals surface area contributed by atoms with Gasteiger partial charge in [0.2, 0.25) is 5.62 Å². The summed E-state index contributed by atoms with van der Waals surface area (Å²) in [5.41, 5.74) is 3.71. The molecule has 0 radical (unpaired) electrons. The summed E-state index contributed by atoms with van der Waals surface area (Å²) < 4.78 is 3.70. The lowest BCUT2D eigenvalue weighted by molar-refractivity contribution is 0.156. The van der Waals surface area contributed by atoms with Crippen molar-refractivity contribution >= 4 is 45.8 Å². The zero-order valence-electron chi connectivity index (χ0n) is 15.3. The van der Waals surface area contributed by atoms with Gasteiger partial charge in [0.15, 0.2) is 0 Å². The van der Waals surface area contributed by atoms with Gasteiger partial charge in [-0.2, -0.15) is 0 Å². The van der Waals surface area contributed by atoms with Crippen molar-refractivity contribution in [1.29, 1.82) is 5.41 Å². The minimum atomic E-state index is -0.872. The van der Waals surface area contributed by atoms with E-state index in [9.17, 15) is 5.11 Å². The van der Waals surface area contributed by atoms with E-state index in [4.69, 9.17) is 40.2 Å². The van der Waals surface area contributed by atoms with Crippen molar-refractivity contribution in [3.05, 3.63) is 98.5 Å². The fraction of sp³-hybridized carbons (Fsp3) is 0.136. The second-order valence-corrected chi connectivity index (χ2v) is 8.10. The van der Waals surface area contributed by atoms with Crippen LogP contribution in [0.15, 0.2) is 66.7 Å². The van der Waals surface area contributed by atoms with E-state index in [2.05, 4.69) is 0 Å². The van der Waals surface area contributed by atoms with Gasteiger partial charge in [0.25, 0.3) is 0 Å². The first-order valence-electron chi connectivity index (χ1n) is 9.04. The molecule has 29 heavy (non-hydrogen) atoms. The molecule has 3 aromatic carbocycles. The maximum atomic E-state index is 10.8.